The minimum atomic E-state index is -1.17. The van der Waals surface area contributed by atoms with E-state index in [2.05, 4.69) is 19.2 Å². The van der Waals surface area contributed by atoms with Crippen molar-refractivity contribution in [2.24, 2.45) is 0 Å². The zero-order valence-electron chi connectivity index (χ0n) is 11.0. The van der Waals surface area contributed by atoms with Gasteiger partial charge in [-0.1, -0.05) is 72.8 Å². The third kappa shape index (κ3) is 2.60. The fraction of sp³-hybridized carbons (Fsp3) is 0.176. The Labute approximate surface area is 120 Å². The van der Waals surface area contributed by atoms with Gasteiger partial charge in [0.1, 0.15) is 5.60 Å². The van der Waals surface area contributed by atoms with Crippen LogP contribution in [0.3, 0.4) is 0 Å². The Balaban J connectivity index is 2.61. The molecule has 1 nitrogen and oxygen atoms in total. The number of hydrogen-bond acceptors (Lipinski definition) is 2. The van der Waals surface area contributed by atoms with Crippen LogP contribution in [0.15, 0.2) is 72.8 Å². The lowest BCUT2D eigenvalue weighted by Crippen LogP contribution is -2.38. The molecule has 2 aromatic rings. The highest BCUT2D eigenvalue weighted by atomic mass is 32.1. The van der Waals surface area contributed by atoms with Crippen LogP contribution in [0.4, 0.5) is 0 Å². The summed E-state index contributed by atoms with van der Waals surface area (Å²) in [5.41, 5.74) is 1.31. The first-order valence-electron chi connectivity index (χ1n) is 6.23. The van der Waals surface area contributed by atoms with Gasteiger partial charge in [-0.05, 0) is 18.1 Å². The summed E-state index contributed by atoms with van der Waals surface area (Å²) in [4.78, 5) is 0. The van der Waals surface area contributed by atoms with Gasteiger partial charge in [-0.25, -0.2) is 0 Å². The van der Waals surface area contributed by atoms with Crippen LogP contribution in [0.1, 0.15) is 18.1 Å². The summed E-state index contributed by atoms with van der Waals surface area (Å²) in [6.45, 7) is 5.82. The van der Waals surface area contributed by atoms with Crippen molar-refractivity contribution < 1.29 is 5.11 Å². The van der Waals surface area contributed by atoms with Crippen molar-refractivity contribution in [3.8, 4) is 0 Å². The average molecular weight is 270 g/mol. The maximum atomic E-state index is 11.3. The van der Waals surface area contributed by atoms with Crippen LogP contribution in [-0.2, 0) is 5.60 Å². The lowest BCUT2D eigenvalue weighted by molar-refractivity contribution is 0.0875. The summed E-state index contributed by atoms with van der Waals surface area (Å²) in [5.74, 6) is 0. The van der Waals surface area contributed by atoms with Crippen LogP contribution in [0, 0.1) is 0 Å². The molecule has 2 heteroatoms. The molecule has 0 aliphatic carbocycles. The lowest BCUT2D eigenvalue weighted by Gasteiger charge is -2.35. The maximum Gasteiger partial charge on any atom is 0.130 e. The van der Waals surface area contributed by atoms with Crippen LogP contribution in [-0.4, -0.2) is 10.4 Å². The van der Waals surface area contributed by atoms with Gasteiger partial charge in [-0.2, -0.15) is 12.6 Å². The number of hydrogen-bond donors (Lipinski definition) is 2. The van der Waals surface area contributed by atoms with E-state index in [-0.39, 0.29) is 5.25 Å². The van der Waals surface area contributed by atoms with E-state index in [1.807, 2.05) is 67.6 Å². The second kappa shape index (κ2) is 5.64. The van der Waals surface area contributed by atoms with Crippen molar-refractivity contribution in [2.75, 3.05) is 0 Å². The van der Waals surface area contributed by atoms with E-state index in [0.29, 0.717) is 0 Å². The lowest BCUT2D eigenvalue weighted by atomic mass is 9.81. The molecule has 98 valence electrons. The summed E-state index contributed by atoms with van der Waals surface area (Å²) in [6, 6.07) is 19.2. The molecule has 0 unspecified atom stereocenters. The van der Waals surface area contributed by atoms with Crippen LogP contribution in [0.5, 0.6) is 0 Å². The van der Waals surface area contributed by atoms with E-state index in [1.54, 1.807) is 0 Å². The van der Waals surface area contributed by atoms with Crippen LogP contribution in [0.25, 0.3) is 0 Å². The quantitative estimate of drug-likeness (QED) is 0.639. The number of benzene rings is 2. The predicted molar refractivity (Wildman–Crippen MR) is 83.5 cm³/mol. The summed E-state index contributed by atoms with van der Waals surface area (Å²) in [5, 5.41) is 10.9. The Bertz CT molecular complexity index is 508. The molecule has 0 heterocycles. The van der Waals surface area contributed by atoms with Gasteiger partial charge in [-0.3, -0.25) is 0 Å². The van der Waals surface area contributed by atoms with E-state index < -0.39 is 5.60 Å². The Morgan fingerprint density at radius 2 is 1.37 bits per heavy atom. The van der Waals surface area contributed by atoms with Crippen molar-refractivity contribution in [1.82, 2.24) is 0 Å². The fourth-order valence-electron chi connectivity index (χ4n) is 2.22. The Morgan fingerprint density at radius 3 is 1.68 bits per heavy atom. The van der Waals surface area contributed by atoms with Gasteiger partial charge in [0.2, 0.25) is 0 Å². The highest BCUT2D eigenvalue weighted by molar-refractivity contribution is 7.81. The standard InChI is InChI=1S/C17H18OS/c1-13(2)16(19)17(18,14-9-5-3-6-10-14)15-11-7-4-8-12-15/h3-12,16,18-19H,1H2,2H3/t16-/m0/s1. The molecule has 0 aliphatic rings. The van der Waals surface area contributed by atoms with Gasteiger partial charge in [0.15, 0.2) is 0 Å². The zero-order chi connectivity index (χ0) is 13.9. The summed E-state index contributed by atoms with van der Waals surface area (Å²) >= 11 is 4.58. The average Bonchev–Trinajstić information content (AvgIpc) is 2.47. The van der Waals surface area contributed by atoms with Crippen molar-refractivity contribution >= 4 is 12.6 Å². The van der Waals surface area contributed by atoms with Gasteiger partial charge < -0.3 is 5.11 Å². The zero-order valence-corrected chi connectivity index (χ0v) is 11.8. The molecule has 1 N–H and O–H groups in total. The molecule has 0 spiro atoms. The van der Waals surface area contributed by atoms with Gasteiger partial charge in [0.25, 0.3) is 0 Å². The minimum Gasteiger partial charge on any atom is -0.379 e. The molecule has 0 saturated carbocycles. The molecule has 0 fully saturated rings. The highest BCUT2D eigenvalue weighted by Gasteiger charge is 2.38. The number of rotatable bonds is 4. The van der Waals surface area contributed by atoms with Crippen molar-refractivity contribution in [1.29, 1.82) is 0 Å². The Morgan fingerprint density at radius 1 is 1.00 bits per heavy atom. The Kier molecular flexibility index (Phi) is 4.13. The van der Waals surface area contributed by atoms with Crippen molar-refractivity contribution in [3.63, 3.8) is 0 Å². The first-order valence-corrected chi connectivity index (χ1v) is 6.75. The first-order chi connectivity index (χ1) is 9.06. The highest BCUT2D eigenvalue weighted by Crippen LogP contribution is 2.38. The second-order valence-electron chi connectivity index (χ2n) is 4.75. The molecular weight excluding hydrogens is 252 g/mol. The molecular formula is C17H18OS. The molecule has 0 aromatic heterocycles. The SMILES string of the molecule is C=C(C)[C@H](S)C(O)(c1ccccc1)c1ccccc1. The normalized spacial score (nSPS) is 13.0. The topological polar surface area (TPSA) is 20.2 Å². The van der Waals surface area contributed by atoms with E-state index >= 15 is 0 Å². The largest absolute Gasteiger partial charge is 0.379 e. The van der Waals surface area contributed by atoms with Crippen molar-refractivity contribution in [2.45, 2.75) is 17.8 Å². The third-order valence-corrected chi connectivity index (χ3v) is 4.10. The maximum absolute atomic E-state index is 11.3. The summed E-state index contributed by atoms with van der Waals surface area (Å²) < 4.78 is 0. The molecule has 0 amide bonds. The van der Waals surface area contributed by atoms with Gasteiger partial charge in [-0.15, -0.1) is 0 Å². The van der Waals surface area contributed by atoms with Gasteiger partial charge >= 0.3 is 0 Å². The van der Waals surface area contributed by atoms with E-state index in [9.17, 15) is 5.11 Å². The second-order valence-corrected chi connectivity index (χ2v) is 5.26. The van der Waals surface area contributed by atoms with Crippen LogP contribution in [0.2, 0.25) is 0 Å². The molecule has 0 aliphatic heterocycles. The molecule has 0 bridgehead atoms. The van der Waals surface area contributed by atoms with Gasteiger partial charge in [0, 0.05) is 0 Å². The fourth-order valence-corrected chi connectivity index (χ4v) is 2.52. The Hall–Kier alpha value is -1.51. The molecule has 0 radical (unpaired) electrons. The van der Waals surface area contributed by atoms with Crippen molar-refractivity contribution in [3.05, 3.63) is 83.9 Å². The molecule has 0 saturated heterocycles. The first kappa shape index (κ1) is 13.9. The van der Waals surface area contributed by atoms with E-state index in [4.69, 9.17) is 0 Å². The smallest absolute Gasteiger partial charge is 0.130 e. The summed E-state index contributed by atoms with van der Waals surface area (Å²) in [6.07, 6.45) is 0. The molecule has 1 atom stereocenters. The van der Waals surface area contributed by atoms with E-state index in [0.717, 1.165) is 16.7 Å². The minimum absolute atomic E-state index is 0.364. The number of aliphatic hydroxyl groups is 1. The third-order valence-electron chi connectivity index (χ3n) is 3.29. The molecule has 2 aromatic carbocycles. The summed E-state index contributed by atoms with van der Waals surface area (Å²) in [7, 11) is 0. The molecule has 19 heavy (non-hydrogen) atoms. The van der Waals surface area contributed by atoms with E-state index in [1.165, 1.54) is 0 Å². The van der Waals surface area contributed by atoms with Gasteiger partial charge in [0.05, 0.1) is 5.25 Å². The van der Waals surface area contributed by atoms with Crippen LogP contribution < -0.4 is 0 Å². The predicted octanol–water partition coefficient (Wildman–Crippen LogP) is 3.80. The van der Waals surface area contributed by atoms with Crippen LogP contribution >= 0.6 is 12.6 Å². The monoisotopic (exact) mass is 270 g/mol. The number of thiol groups is 1. The molecule has 2 rings (SSSR count).